The molecular formula is C34H29N3O2S. The van der Waals surface area contributed by atoms with E-state index in [4.69, 9.17) is 9.73 Å². The third kappa shape index (κ3) is 5.06. The zero-order valence-corrected chi connectivity index (χ0v) is 23.5. The number of benzene rings is 4. The van der Waals surface area contributed by atoms with Crippen LogP contribution in [0.4, 0.5) is 5.69 Å². The minimum Gasteiger partial charge on any atom is -0.497 e. The van der Waals surface area contributed by atoms with E-state index in [1.165, 1.54) is 22.5 Å². The first-order valence-electron chi connectivity index (χ1n) is 13.2. The minimum atomic E-state index is -0.0500. The van der Waals surface area contributed by atoms with Gasteiger partial charge in [0.25, 0.3) is 5.91 Å². The molecule has 0 unspecified atom stereocenters. The molecule has 6 rings (SSSR count). The molecule has 198 valence electrons. The van der Waals surface area contributed by atoms with E-state index in [0.29, 0.717) is 16.6 Å². The molecule has 2 heterocycles. The van der Waals surface area contributed by atoms with Crippen LogP contribution < -0.4 is 4.74 Å². The van der Waals surface area contributed by atoms with Crippen LogP contribution in [0.3, 0.4) is 0 Å². The second-order valence-corrected chi connectivity index (χ2v) is 10.8. The summed E-state index contributed by atoms with van der Waals surface area (Å²) in [6.45, 7) is 4.63. The molecule has 5 aromatic rings. The monoisotopic (exact) mass is 543 g/mol. The molecule has 0 N–H and O–H groups in total. The maximum absolute atomic E-state index is 13.8. The number of nitrogens with zero attached hydrogens (tertiary/aromatic N) is 3. The molecule has 1 aromatic heterocycles. The van der Waals surface area contributed by atoms with Gasteiger partial charge in [0.15, 0.2) is 5.17 Å². The summed E-state index contributed by atoms with van der Waals surface area (Å²) >= 11 is 1.42. The Hall–Kier alpha value is -4.55. The zero-order valence-electron chi connectivity index (χ0n) is 22.7. The fourth-order valence-corrected chi connectivity index (χ4v) is 6.03. The summed E-state index contributed by atoms with van der Waals surface area (Å²) in [6.07, 6.45) is 2.00. The summed E-state index contributed by atoms with van der Waals surface area (Å²) in [5.41, 5.74) is 6.15. The normalized spacial score (nSPS) is 15.5. The Labute approximate surface area is 238 Å². The van der Waals surface area contributed by atoms with E-state index in [0.717, 1.165) is 39.6 Å². The van der Waals surface area contributed by atoms with Crippen molar-refractivity contribution in [1.82, 2.24) is 9.47 Å². The SMILES string of the molecule is COc1ccc(CN2C(=O)/C(=C/c3cc(C)n(-c4ccc5ccccc5c4)c3C)SC2=Nc2ccccc2)cc1. The molecular weight excluding hydrogens is 514 g/mol. The average Bonchev–Trinajstić information content (AvgIpc) is 3.42. The number of carbonyl (C=O) groups is 1. The third-order valence-corrected chi connectivity index (χ3v) is 8.12. The Morgan fingerprint density at radius 3 is 2.33 bits per heavy atom. The topological polar surface area (TPSA) is 46.8 Å². The number of amides is 1. The Morgan fingerprint density at radius 2 is 1.57 bits per heavy atom. The number of carbonyl (C=O) groups excluding carboxylic acids is 1. The van der Waals surface area contributed by atoms with Crippen LogP contribution in [-0.2, 0) is 11.3 Å². The molecule has 0 aliphatic carbocycles. The zero-order chi connectivity index (χ0) is 27.6. The van der Waals surface area contributed by atoms with Gasteiger partial charge >= 0.3 is 0 Å². The number of fused-ring (bicyclic) bond motifs is 1. The van der Waals surface area contributed by atoms with Crippen LogP contribution in [0.25, 0.3) is 22.5 Å². The van der Waals surface area contributed by atoms with E-state index >= 15 is 0 Å². The van der Waals surface area contributed by atoms with Crippen LogP contribution in [0.1, 0.15) is 22.5 Å². The standard InChI is InChI=1S/C34H29N3O2S/c1-23-19-28(24(2)37(23)30-16-15-26-9-7-8-10-27(26)20-30)21-32-33(38)36(22-25-13-17-31(39-3)18-14-25)34(40-32)35-29-11-5-4-6-12-29/h4-21H,22H2,1-3H3/b32-21-,35-34?. The van der Waals surface area contributed by atoms with Crippen molar-refractivity contribution in [1.29, 1.82) is 0 Å². The van der Waals surface area contributed by atoms with E-state index in [-0.39, 0.29) is 5.91 Å². The number of amidine groups is 1. The van der Waals surface area contributed by atoms with Gasteiger partial charge in [0, 0.05) is 17.1 Å². The molecule has 1 fully saturated rings. The first kappa shape index (κ1) is 25.7. The number of aliphatic imine (C=N–C) groups is 1. The van der Waals surface area contributed by atoms with E-state index in [1.807, 2.05) is 60.7 Å². The lowest BCUT2D eigenvalue weighted by Crippen LogP contribution is -2.28. The van der Waals surface area contributed by atoms with Gasteiger partial charge in [0.2, 0.25) is 0 Å². The van der Waals surface area contributed by atoms with Crippen LogP contribution in [0.15, 0.2) is 113 Å². The highest BCUT2D eigenvalue weighted by molar-refractivity contribution is 8.18. The number of aromatic nitrogens is 1. The lowest BCUT2D eigenvalue weighted by molar-refractivity contribution is -0.122. The molecule has 0 saturated carbocycles. The molecule has 0 radical (unpaired) electrons. The molecule has 1 amide bonds. The van der Waals surface area contributed by atoms with Gasteiger partial charge in [-0.3, -0.25) is 9.69 Å². The number of rotatable bonds is 6. The van der Waals surface area contributed by atoms with Crippen molar-refractivity contribution in [3.8, 4) is 11.4 Å². The number of thioether (sulfide) groups is 1. The summed E-state index contributed by atoms with van der Waals surface area (Å²) in [6, 6.07) is 34.6. The summed E-state index contributed by atoms with van der Waals surface area (Å²) in [5.74, 6) is 0.734. The molecule has 4 aromatic carbocycles. The predicted molar refractivity (Wildman–Crippen MR) is 165 cm³/mol. The van der Waals surface area contributed by atoms with Gasteiger partial charge in [-0.05, 0) is 96.0 Å². The number of para-hydroxylation sites is 1. The Bertz CT molecular complexity index is 1770. The number of hydrogen-bond acceptors (Lipinski definition) is 4. The van der Waals surface area contributed by atoms with Crippen molar-refractivity contribution in [2.45, 2.75) is 20.4 Å². The quantitative estimate of drug-likeness (QED) is 0.204. The van der Waals surface area contributed by atoms with Crippen LogP contribution in [0.2, 0.25) is 0 Å². The molecule has 40 heavy (non-hydrogen) atoms. The number of hydrogen-bond donors (Lipinski definition) is 0. The Kier molecular flexibility index (Phi) is 7.01. The molecule has 5 nitrogen and oxygen atoms in total. The van der Waals surface area contributed by atoms with Crippen molar-refractivity contribution >= 4 is 45.4 Å². The highest BCUT2D eigenvalue weighted by Crippen LogP contribution is 2.36. The average molecular weight is 544 g/mol. The second kappa shape index (κ2) is 10.9. The van der Waals surface area contributed by atoms with E-state index < -0.39 is 0 Å². The Balaban J connectivity index is 1.36. The van der Waals surface area contributed by atoms with Crippen molar-refractivity contribution < 1.29 is 9.53 Å². The first-order valence-corrected chi connectivity index (χ1v) is 14.0. The van der Waals surface area contributed by atoms with E-state index in [2.05, 4.69) is 66.9 Å². The number of aryl methyl sites for hydroxylation is 1. The predicted octanol–water partition coefficient (Wildman–Crippen LogP) is 8.06. The van der Waals surface area contributed by atoms with Crippen molar-refractivity contribution in [3.63, 3.8) is 0 Å². The molecule has 1 saturated heterocycles. The van der Waals surface area contributed by atoms with Gasteiger partial charge in [0.1, 0.15) is 5.75 Å². The minimum absolute atomic E-state index is 0.0500. The summed E-state index contributed by atoms with van der Waals surface area (Å²) in [5, 5.41) is 3.08. The summed E-state index contributed by atoms with van der Waals surface area (Å²) in [4.78, 5) is 21.0. The molecule has 0 spiro atoms. The first-order chi connectivity index (χ1) is 19.5. The van der Waals surface area contributed by atoms with Crippen LogP contribution in [0.5, 0.6) is 5.75 Å². The molecule has 0 bridgehead atoms. The van der Waals surface area contributed by atoms with Crippen molar-refractivity contribution in [2.24, 2.45) is 4.99 Å². The molecule has 6 heteroatoms. The van der Waals surface area contributed by atoms with Gasteiger partial charge in [-0.1, -0.05) is 60.7 Å². The number of ether oxygens (including phenoxy) is 1. The second-order valence-electron chi connectivity index (χ2n) is 9.77. The summed E-state index contributed by atoms with van der Waals surface area (Å²) < 4.78 is 7.55. The van der Waals surface area contributed by atoms with Crippen LogP contribution in [0, 0.1) is 13.8 Å². The van der Waals surface area contributed by atoms with Crippen molar-refractivity contribution in [3.05, 3.63) is 131 Å². The number of methoxy groups -OCH3 is 1. The maximum atomic E-state index is 13.8. The largest absolute Gasteiger partial charge is 0.497 e. The highest BCUT2D eigenvalue weighted by Gasteiger charge is 2.34. The lowest BCUT2D eigenvalue weighted by Gasteiger charge is -2.16. The molecule has 0 atom stereocenters. The molecule has 1 aliphatic rings. The molecule has 1 aliphatic heterocycles. The highest BCUT2D eigenvalue weighted by atomic mass is 32.2. The lowest BCUT2D eigenvalue weighted by atomic mass is 10.1. The van der Waals surface area contributed by atoms with Gasteiger partial charge in [0.05, 0.1) is 24.2 Å². The fraction of sp³-hybridized carbons (Fsp3) is 0.118. The van der Waals surface area contributed by atoms with Gasteiger partial charge in [-0.2, -0.15) is 0 Å². The third-order valence-electron chi connectivity index (χ3n) is 7.12. The Morgan fingerprint density at radius 1 is 0.850 bits per heavy atom. The van der Waals surface area contributed by atoms with Gasteiger partial charge in [-0.15, -0.1) is 0 Å². The van der Waals surface area contributed by atoms with Crippen LogP contribution >= 0.6 is 11.8 Å². The van der Waals surface area contributed by atoms with E-state index in [1.54, 1.807) is 12.0 Å². The van der Waals surface area contributed by atoms with Gasteiger partial charge < -0.3 is 9.30 Å². The summed E-state index contributed by atoms with van der Waals surface area (Å²) in [7, 11) is 1.65. The van der Waals surface area contributed by atoms with Gasteiger partial charge in [-0.25, -0.2) is 4.99 Å². The van der Waals surface area contributed by atoms with Crippen LogP contribution in [-0.4, -0.2) is 27.7 Å². The smallest absolute Gasteiger partial charge is 0.267 e. The van der Waals surface area contributed by atoms with E-state index in [9.17, 15) is 4.79 Å². The fourth-order valence-electron chi connectivity index (χ4n) is 5.05. The van der Waals surface area contributed by atoms with Crippen molar-refractivity contribution in [2.75, 3.05) is 7.11 Å². The maximum Gasteiger partial charge on any atom is 0.267 e.